The zero-order chi connectivity index (χ0) is 22.4. The van der Waals surface area contributed by atoms with E-state index in [4.69, 9.17) is 0 Å². The maximum Gasteiger partial charge on any atom is 0.274 e. The van der Waals surface area contributed by atoms with Crippen LogP contribution in [-0.2, 0) is 0 Å². The van der Waals surface area contributed by atoms with Gasteiger partial charge in [-0.05, 0) is 81.8 Å². The van der Waals surface area contributed by atoms with Gasteiger partial charge < -0.3 is 9.47 Å². The maximum atomic E-state index is 13.1. The third-order valence-electron chi connectivity index (χ3n) is 6.14. The highest BCUT2D eigenvalue weighted by Gasteiger charge is 2.13. The van der Waals surface area contributed by atoms with Crippen LogP contribution in [0.5, 0.6) is 0 Å². The summed E-state index contributed by atoms with van der Waals surface area (Å²) in [7, 11) is 0. The zero-order valence-corrected chi connectivity index (χ0v) is 19.6. The number of benzene rings is 2. The van der Waals surface area contributed by atoms with Gasteiger partial charge >= 0.3 is 0 Å². The zero-order valence-electron chi connectivity index (χ0n) is 18.8. The highest BCUT2D eigenvalue weighted by Crippen LogP contribution is 2.24. The van der Waals surface area contributed by atoms with Gasteiger partial charge in [0.1, 0.15) is 0 Å². The van der Waals surface area contributed by atoms with E-state index >= 15 is 0 Å². The van der Waals surface area contributed by atoms with E-state index in [2.05, 4.69) is 72.5 Å². The molecule has 0 aliphatic rings. The molecular weight excluding hydrogens is 416 g/mol. The Morgan fingerprint density at radius 2 is 1.75 bits per heavy atom. The molecule has 0 unspecified atom stereocenters. The lowest BCUT2D eigenvalue weighted by Gasteiger charge is -2.21. The van der Waals surface area contributed by atoms with Crippen molar-refractivity contribution in [1.82, 2.24) is 14.0 Å². The number of rotatable bonds is 5. The lowest BCUT2D eigenvalue weighted by molar-refractivity contribution is 0.865. The van der Waals surface area contributed by atoms with Crippen molar-refractivity contribution in [3.63, 3.8) is 0 Å². The molecule has 0 aliphatic heterocycles. The van der Waals surface area contributed by atoms with Gasteiger partial charge in [0.15, 0.2) is 4.96 Å². The molecule has 0 N–H and O–H groups in total. The Hall–Kier alpha value is -3.38. The average molecular weight is 443 g/mol. The van der Waals surface area contributed by atoms with Crippen molar-refractivity contribution in [3.8, 4) is 5.69 Å². The number of aryl methyl sites for hydroxylation is 1. The minimum absolute atomic E-state index is 0.00733. The normalized spacial score (nSPS) is 12.3. The number of thiazole rings is 1. The lowest BCUT2D eigenvalue weighted by atomic mass is 10.2. The molecule has 0 radical (unpaired) electrons. The first-order valence-corrected chi connectivity index (χ1v) is 11.8. The van der Waals surface area contributed by atoms with Crippen molar-refractivity contribution in [2.45, 2.75) is 27.7 Å². The van der Waals surface area contributed by atoms with Gasteiger partial charge in [-0.2, -0.15) is 0 Å². The highest BCUT2D eigenvalue weighted by molar-refractivity contribution is 7.15. The Bertz CT molecular complexity index is 1540. The fraction of sp³-hybridized carbons (Fsp3) is 0.231. The molecule has 0 spiro atoms. The summed E-state index contributed by atoms with van der Waals surface area (Å²) in [6, 6.07) is 18.6. The van der Waals surface area contributed by atoms with Crippen molar-refractivity contribution in [2.75, 3.05) is 18.0 Å². The number of fused-ring (bicyclic) bond motifs is 3. The Labute approximate surface area is 190 Å². The Balaban J connectivity index is 1.58. The summed E-state index contributed by atoms with van der Waals surface area (Å²) in [5, 5.41) is 0. The van der Waals surface area contributed by atoms with Gasteiger partial charge in [-0.15, -0.1) is 0 Å². The second-order valence-corrected chi connectivity index (χ2v) is 8.99. The molecule has 5 nitrogen and oxygen atoms in total. The second-order valence-electron chi connectivity index (χ2n) is 7.98. The highest BCUT2D eigenvalue weighted by atomic mass is 32.1. The first kappa shape index (κ1) is 20.5. The maximum absolute atomic E-state index is 13.1. The Morgan fingerprint density at radius 3 is 2.47 bits per heavy atom. The predicted molar refractivity (Wildman–Crippen MR) is 134 cm³/mol. The van der Waals surface area contributed by atoms with Gasteiger partial charge in [-0.3, -0.25) is 4.79 Å². The summed E-state index contributed by atoms with van der Waals surface area (Å²) in [6.45, 7) is 10.6. The molecule has 5 rings (SSSR count). The minimum atomic E-state index is -0.00733. The summed E-state index contributed by atoms with van der Waals surface area (Å²) in [5.74, 6) is 0. The van der Waals surface area contributed by atoms with Crippen molar-refractivity contribution >= 4 is 39.1 Å². The van der Waals surface area contributed by atoms with Gasteiger partial charge in [0.25, 0.3) is 5.56 Å². The van der Waals surface area contributed by atoms with Gasteiger partial charge in [-0.25, -0.2) is 9.38 Å². The summed E-state index contributed by atoms with van der Waals surface area (Å²) >= 11 is 1.44. The van der Waals surface area contributed by atoms with Crippen LogP contribution >= 0.6 is 11.3 Å². The van der Waals surface area contributed by atoms with Crippen LogP contribution in [-0.4, -0.2) is 27.0 Å². The van der Waals surface area contributed by atoms with Crippen LogP contribution in [0, 0.1) is 13.8 Å². The van der Waals surface area contributed by atoms with Gasteiger partial charge in [-0.1, -0.05) is 23.5 Å². The molecule has 0 bridgehead atoms. The lowest BCUT2D eigenvalue weighted by Crippen LogP contribution is -2.22. The van der Waals surface area contributed by atoms with Gasteiger partial charge in [0.05, 0.1) is 15.6 Å². The Kier molecular flexibility index (Phi) is 5.10. The number of nitrogens with zero attached hydrogens (tertiary/aromatic N) is 4. The quantitative estimate of drug-likeness (QED) is 0.396. The van der Waals surface area contributed by atoms with Gasteiger partial charge in [0.2, 0.25) is 0 Å². The van der Waals surface area contributed by atoms with Crippen LogP contribution < -0.4 is 15.0 Å². The number of hydrogen-bond donors (Lipinski definition) is 0. The van der Waals surface area contributed by atoms with E-state index in [1.165, 1.54) is 17.0 Å². The molecule has 6 heteroatoms. The topological polar surface area (TPSA) is 42.5 Å². The fourth-order valence-corrected chi connectivity index (χ4v) is 5.46. The molecule has 32 heavy (non-hydrogen) atoms. The molecule has 162 valence electrons. The van der Waals surface area contributed by atoms with E-state index in [1.807, 2.05) is 30.3 Å². The standard InChI is InChI=1S/C26H26N4OS/c1-5-28(6-2)20-11-13-21(14-12-20)29-17(3)15-19(18(29)4)16-24-25(31)30-23-10-8-7-9-22(23)27-26(30)32-24/h7-16H,5-6H2,1-4H3/b24-16-. The van der Waals surface area contributed by atoms with Crippen molar-refractivity contribution < 1.29 is 0 Å². The summed E-state index contributed by atoms with van der Waals surface area (Å²) in [5.41, 5.74) is 7.39. The van der Waals surface area contributed by atoms with Crippen LogP contribution in [0.2, 0.25) is 0 Å². The van der Waals surface area contributed by atoms with Crippen molar-refractivity contribution in [3.05, 3.63) is 86.4 Å². The second kappa shape index (κ2) is 7.95. The van der Waals surface area contributed by atoms with Crippen LogP contribution in [0.1, 0.15) is 30.8 Å². The molecular formula is C26H26N4OS. The summed E-state index contributed by atoms with van der Waals surface area (Å²) in [4.78, 5) is 20.8. The minimum Gasteiger partial charge on any atom is -0.372 e. The largest absolute Gasteiger partial charge is 0.372 e. The number of aromatic nitrogens is 3. The molecule has 0 fully saturated rings. The summed E-state index contributed by atoms with van der Waals surface area (Å²) in [6.07, 6.45) is 2.00. The molecule has 0 saturated carbocycles. The van der Waals surface area contributed by atoms with Gasteiger partial charge in [0, 0.05) is 35.9 Å². The van der Waals surface area contributed by atoms with E-state index in [0.29, 0.717) is 4.53 Å². The number of imidazole rings is 1. The molecule has 0 amide bonds. The van der Waals surface area contributed by atoms with E-state index in [1.54, 1.807) is 4.40 Å². The Morgan fingerprint density at radius 1 is 1.03 bits per heavy atom. The molecule has 5 aromatic rings. The predicted octanol–water partition coefficient (Wildman–Crippen LogP) is 4.71. The number of hydrogen-bond acceptors (Lipinski definition) is 4. The van der Waals surface area contributed by atoms with Crippen LogP contribution in [0.3, 0.4) is 0 Å². The molecule has 3 aromatic heterocycles. The first-order valence-electron chi connectivity index (χ1n) is 11.0. The molecule has 0 aliphatic carbocycles. The first-order chi connectivity index (χ1) is 15.5. The third kappa shape index (κ3) is 3.22. The average Bonchev–Trinajstić information content (AvgIpc) is 3.40. The van der Waals surface area contributed by atoms with Crippen molar-refractivity contribution in [2.24, 2.45) is 0 Å². The van der Waals surface area contributed by atoms with Crippen LogP contribution in [0.4, 0.5) is 5.69 Å². The van der Waals surface area contributed by atoms with Crippen LogP contribution in [0.25, 0.3) is 27.8 Å². The number of para-hydroxylation sites is 2. The molecule has 0 atom stereocenters. The van der Waals surface area contributed by atoms with Crippen molar-refractivity contribution in [1.29, 1.82) is 0 Å². The molecule has 2 aromatic carbocycles. The van der Waals surface area contributed by atoms with E-state index in [9.17, 15) is 4.79 Å². The fourth-order valence-electron chi connectivity index (χ4n) is 4.49. The smallest absolute Gasteiger partial charge is 0.274 e. The molecule has 3 heterocycles. The van der Waals surface area contributed by atoms with E-state index in [0.717, 1.165) is 51.7 Å². The third-order valence-corrected chi connectivity index (χ3v) is 7.11. The monoisotopic (exact) mass is 442 g/mol. The summed E-state index contributed by atoms with van der Waals surface area (Å²) < 4.78 is 4.67. The molecule has 0 saturated heterocycles. The SMILES string of the molecule is CCN(CC)c1ccc(-n2c(C)cc(/C=c3\sc4nc5ccccc5n4c3=O)c2C)cc1. The van der Waals surface area contributed by atoms with E-state index < -0.39 is 0 Å². The van der Waals surface area contributed by atoms with Crippen LogP contribution in [0.15, 0.2) is 59.4 Å². The van der Waals surface area contributed by atoms with E-state index in [-0.39, 0.29) is 5.56 Å². The number of anilines is 1.